The Morgan fingerprint density at radius 3 is 2.26 bits per heavy atom. The van der Waals surface area contributed by atoms with Crippen LogP contribution in [-0.2, 0) is 19.1 Å². The molecule has 2 aliphatic carbocycles. The van der Waals surface area contributed by atoms with E-state index in [0.717, 1.165) is 11.1 Å². The molecule has 2 aromatic rings. The van der Waals surface area contributed by atoms with Crippen molar-refractivity contribution in [2.24, 2.45) is 23.7 Å². The lowest BCUT2D eigenvalue weighted by Gasteiger charge is -2.22. The van der Waals surface area contributed by atoms with Crippen LogP contribution in [0.1, 0.15) is 23.5 Å². The highest BCUT2D eigenvalue weighted by Gasteiger charge is 2.61. The van der Waals surface area contributed by atoms with Crippen LogP contribution in [0.3, 0.4) is 0 Å². The molecule has 2 amide bonds. The molecule has 5 atom stereocenters. The lowest BCUT2D eigenvalue weighted by molar-refractivity contribution is -0.141. The van der Waals surface area contributed by atoms with Crippen LogP contribution in [0, 0.1) is 23.7 Å². The van der Waals surface area contributed by atoms with Crippen LogP contribution >= 0.6 is 0 Å². The van der Waals surface area contributed by atoms with Crippen LogP contribution in [0.4, 0.5) is 4.79 Å². The minimum atomic E-state index is -0.754. The predicted octanol–water partition coefficient (Wildman–Crippen LogP) is 2.72. The van der Waals surface area contributed by atoms with E-state index < -0.39 is 12.1 Å². The Labute approximate surface area is 203 Å². The van der Waals surface area contributed by atoms with Gasteiger partial charge in [-0.1, -0.05) is 48.5 Å². The summed E-state index contributed by atoms with van der Waals surface area (Å²) in [6.07, 6.45) is -0.200. The Morgan fingerprint density at radius 1 is 1.00 bits per heavy atom. The second-order valence-corrected chi connectivity index (χ2v) is 10.0. The minimum Gasteiger partial charge on any atom is -0.481 e. The van der Waals surface area contributed by atoms with Gasteiger partial charge in [0.2, 0.25) is 5.91 Å². The summed E-state index contributed by atoms with van der Waals surface area (Å²) in [6.45, 7) is 1.91. The number of hydrogen-bond donors (Lipinski definition) is 2. The predicted molar refractivity (Wildman–Crippen MR) is 126 cm³/mol. The number of aliphatic carboxylic acids is 1. The van der Waals surface area contributed by atoms with Gasteiger partial charge < -0.3 is 24.8 Å². The van der Waals surface area contributed by atoms with Crippen LogP contribution in [0.25, 0.3) is 11.1 Å². The smallest absolute Gasteiger partial charge is 0.407 e. The zero-order chi connectivity index (χ0) is 24.1. The Bertz CT molecular complexity index is 1120. The molecule has 182 valence electrons. The van der Waals surface area contributed by atoms with Crippen LogP contribution in [-0.4, -0.2) is 66.9 Å². The third-order valence-electron chi connectivity index (χ3n) is 8.04. The largest absolute Gasteiger partial charge is 0.481 e. The van der Waals surface area contributed by atoms with E-state index >= 15 is 0 Å². The molecule has 8 heteroatoms. The molecular formula is C27H28N2O6. The number of ether oxygens (including phenoxy) is 2. The molecule has 0 spiro atoms. The summed E-state index contributed by atoms with van der Waals surface area (Å²) in [6, 6.07) is 16.4. The Kier molecular flexibility index (Phi) is 5.48. The van der Waals surface area contributed by atoms with Crippen LogP contribution in [0.5, 0.6) is 0 Å². The van der Waals surface area contributed by atoms with Gasteiger partial charge in [-0.3, -0.25) is 9.59 Å². The molecule has 2 N–H and O–H groups in total. The molecule has 2 saturated heterocycles. The average molecular weight is 477 g/mol. The molecule has 3 fully saturated rings. The maximum absolute atomic E-state index is 12.8. The SMILES string of the molecule is O=C(NC[C@@H]1C[C@H](C(=O)N2C[C@@H]3C(C(=O)O)[C@@H]3C2)CO1)OCC1c2ccccc2-c2ccccc21. The first kappa shape index (κ1) is 22.1. The third kappa shape index (κ3) is 3.95. The maximum Gasteiger partial charge on any atom is 0.407 e. The molecule has 0 radical (unpaired) electrons. The van der Waals surface area contributed by atoms with E-state index in [1.54, 1.807) is 4.90 Å². The number of carboxylic acid groups (broad SMARTS) is 1. The van der Waals surface area contributed by atoms with Gasteiger partial charge in [-0.15, -0.1) is 0 Å². The summed E-state index contributed by atoms with van der Waals surface area (Å²) in [5.41, 5.74) is 4.69. The number of nitrogens with one attached hydrogen (secondary N) is 1. The molecule has 4 aliphatic rings. The molecule has 2 aliphatic heterocycles. The summed E-state index contributed by atoms with van der Waals surface area (Å²) in [5, 5.41) is 11.9. The number of fused-ring (bicyclic) bond motifs is 4. The number of benzene rings is 2. The zero-order valence-electron chi connectivity index (χ0n) is 19.3. The zero-order valence-corrected chi connectivity index (χ0v) is 19.3. The topological polar surface area (TPSA) is 105 Å². The van der Waals surface area contributed by atoms with Gasteiger partial charge in [0.15, 0.2) is 0 Å². The first-order valence-electron chi connectivity index (χ1n) is 12.2. The summed E-state index contributed by atoms with van der Waals surface area (Å²) in [5.74, 6) is -1.04. The average Bonchev–Trinajstić information content (AvgIpc) is 3.23. The number of likely N-dealkylation sites (tertiary alicyclic amines) is 1. The standard InChI is InChI=1S/C27H28N2O6/c30-25(29-11-21-22(12-29)24(21)26(31)32)15-9-16(34-13-15)10-28-27(33)35-14-23-19-7-3-1-5-17(19)18-6-2-4-8-20(18)23/h1-8,15-16,21-24H,9-14H2,(H,28,33)(H,31,32)/t15-,16-,21-,22+,24?/m0/s1. The van der Waals surface area contributed by atoms with Crippen molar-refractivity contribution < 1.29 is 29.0 Å². The fourth-order valence-corrected chi connectivity index (χ4v) is 6.20. The van der Waals surface area contributed by atoms with Crippen molar-refractivity contribution in [1.29, 1.82) is 0 Å². The van der Waals surface area contributed by atoms with Gasteiger partial charge in [-0.05, 0) is 40.5 Å². The van der Waals surface area contributed by atoms with Crippen molar-refractivity contribution in [1.82, 2.24) is 10.2 Å². The number of alkyl carbamates (subject to hydrolysis) is 1. The third-order valence-corrected chi connectivity index (χ3v) is 8.04. The molecule has 2 aromatic carbocycles. The van der Waals surface area contributed by atoms with E-state index in [1.807, 2.05) is 24.3 Å². The summed E-state index contributed by atoms with van der Waals surface area (Å²) < 4.78 is 11.3. The molecule has 2 heterocycles. The monoisotopic (exact) mass is 476 g/mol. The lowest BCUT2D eigenvalue weighted by atomic mass is 9.98. The van der Waals surface area contributed by atoms with Gasteiger partial charge in [0.25, 0.3) is 0 Å². The molecule has 0 bridgehead atoms. The van der Waals surface area contributed by atoms with E-state index in [1.165, 1.54) is 11.1 Å². The van der Waals surface area contributed by atoms with E-state index in [9.17, 15) is 14.4 Å². The molecule has 8 nitrogen and oxygen atoms in total. The van der Waals surface area contributed by atoms with Crippen molar-refractivity contribution in [3.63, 3.8) is 0 Å². The quantitative estimate of drug-likeness (QED) is 0.664. The number of rotatable bonds is 6. The second kappa shape index (κ2) is 8.68. The molecule has 1 unspecified atom stereocenters. The van der Waals surface area contributed by atoms with Crippen molar-refractivity contribution in [2.45, 2.75) is 18.4 Å². The first-order chi connectivity index (χ1) is 17.0. The lowest BCUT2D eigenvalue weighted by Crippen LogP contribution is -2.38. The van der Waals surface area contributed by atoms with Crippen molar-refractivity contribution in [3.8, 4) is 11.1 Å². The second-order valence-electron chi connectivity index (χ2n) is 10.0. The molecule has 6 rings (SSSR count). The molecular weight excluding hydrogens is 448 g/mol. The van der Waals surface area contributed by atoms with E-state index in [2.05, 4.69) is 29.6 Å². The van der Waals surface area contributed by atoms with Crippen LogP contribution < -0.4 is 5.32 Å². The number of carbonyl (C=O) groups excluding carboxylic acids is 2. The van der Waals surface area contributed by atoms with Gasteiger partial charge in [0.05, 0.1) is 24.5 Å². The van der Waals surface area contributed by atoms with Crippen molar-refractivity contribution in [3.05, 3.63) is 59.7 Å². The minimum absolute atomic E-state index is 0.00489. The molecule has 0 aromatic heterocycles. The van der Waals surface area contributed by atoms with Crippen LogP contribution in [0.2, 0.25) is 0 Å². The normalized spacial score (nSPS) is 28.2. The van der Waals surface area contributed by atoms with Crippen molar-refractivity contribution >= 4 is 18.0 Å². The number of carbonyl (C=O) groups is 3. The molecule has 35 heavy (non-hydrogen) atoms. The number of amides is 2. The van der Waals surface area contributed by atoms with E-state index in [0.29, 0.717) is 26.1 Å². The van der Waals surface area contributed by atoms with E-state index in [4.69, 9.17) is 14.6 Å². The number of hydrogen-bond acceptors (Lipinski definition) is 5. The summed E-state index contributed by atoms with van der Waals surface area (Å²) in [7, 11) is 0. The Hall–Kier alpha value is -3.39. The Balaban J connectivity index is 0.967. The van der Waals surface area contributed by atoms with Crippen LogP contribution in [0.15, 0.2) is 48.5 Å². The van der Waals surface area contributed by atoms with Crippen molar-refractivity contribution in [2.75, 3.05) is 32.8 Å². The number of piperidine rings is 1. The maximum atomic E-state index is 12.8. The fraction of sp³-hybridized carbons (Fsp3) is 0.444. The number of carboxylic acids is 1. The van der Waals surface area contributed by atoms with Gasteiger partial charge >= 0.3 is 12.1 Å². The summed E-state index contributed by atoms with van der Waals surface area (Å²) in [4.78, 5) is 38.2. The summed E-state index contributed by atoms with van der Waals surface area (Å²) >= 11 is 0. The van der Waals surface area contributed by atoms with E-state index in [-0.39, 0.29) is 54.8 Å². The van der Waals surface area contributed by atoms with Gasteiger partial charge in [0.1, 0.15) is 6.61 Å². The van der Waals surface area contributed by atoms with Gasteiger partial charge in [0, 0.05) is 25.6 Å². The fourth-order valence-electron chi connectivity index (χ4n) is 6.20. The highest BCUT2D eigenvalue weighted by Crippen LogP contribution is 2.52. The number of nitrogens with zero attached hydrogens (tertiary/aromatic N) is 1. The highest BCUT2D eigenvalue weighted by atomic mass is 16.5. The Morgan fingerprint density at radius 2 is 1.63 bits per heavy atom. The first-order valence-corrected chi connectivity index (χ1v) is 12.2. The molecule has 1 saturated carbocycles. The highest BCUT2D eigenvalue weighted by molar-refractivity contribution is 5.82. The van der Waals surface area contributed by atoms with Gasteiger partial charge in [-0.2, -0.15) is 0 Å². The van der Waals surface area contributed by atoms with Gasteiger partial charge in [-0.25, -0.2) is 4.79 Å².